The van der Waals surface area contributed by atoms with Gasteiger partial charge >= 0.3 is 0 Å². The Hall–Kier alpha value is -1.70. The van der Waals surface area contributed by atoms with Crippen LogP contribution in [-0.2, 0) is 6.54 Å². The minimum atomic E-state index is -0.235. The molecule has 1 fully saturated rings. The topological polar surface area (TPSA) is 36.7 Å². The van der Waals surface area contributed by atoms with E-state index in [4.69, 9.17) is 11.6 Å². The van der Waals surface area contributed by atoms with E-state index < -0.39 is 0 Å². The lowest BCUT2D eigenvalue weighted by molar-refractivity contribution is 0.246. The number of rotatable bonds is 3. The van der Waals surface area contributed by atoms with Crippen LogP contribution in [0.5, 0.6) is 0 Å². The number of imidazole rings is 1. The molecule has 0 radical (unpaired) electrons. The summed E-state index contributed by atoms with van der Waals surface area (Å²) in [6.07, 6.45) is 1.94. The van der Waals surface area contributed by atoms with E-state index in [9.17, 15) is 4.39 Å². The number of hydrogen-bond donors (Lipinski definition) is 0. The molecule has 24 heavy (non-hydrogen) atoms. The average Bonchev–Trinajstić information content (AvgIpc) is 3.09. The van der Waals surface area contributed by atoms with Gasteiger partial charge in [0.2, 0.25) is 10.1 Å². The summed E-state index contributed by atoms with van der Waals surface area (Å²) in [7, 11) is 0. The van der Waals surface area contributed by atoms with E-state index in [0.717, 1.165) is 42.0 Å². The first-order valence-electron chi connectivity index (χ1n) is 7.83. The van der Waals surface area contributed by atoms with Crippen molar-refractivity contribution >= 4 is 33.0 Å². The zero-order valence-electron chi connectivity index (χ0n) is 13.2. The first-order chi connectivity index (χ1) is 11.6. The van der Waals surface area contributed by atoms with E-state index in [1.807, 2.05) is 17.6 Å². The zero-order chi connectivity index (χ0) is 16.7. The third kappa shape index (κ3) is 2.99. The number of nitrogens with zero attached hydrogens (tertiary/aromatic N) is 5. The average molecular weight is 366 g/mol. The lowest BCUT2D eigenvalue weighted by Crippen LogP contribution is -2.46. The highest BCUT2D eigenvalue weighted by molar-refractivity contribution is 7.20. The minimum Gasteiger partial charge on any atom is -0.344 e. The van der Waals surface area contributed by atoms with E-state index in [2.05, 4.69) is 19.9 Å². The Morgan fingerprint density at radius 2 is 2.04 bits per heavy atom. The van der Waals surface area contributed by atoms with Crippen molar-refractivity contribution in [3.05, 3.63) is 46.5 Å². The number of fused-ring (bicyclic) bond motifs is 1. The van der Waals surface area contributed by atoms with Crippen LogP contribution in [0.4, 0.5) is 9.52 Å². The van der Waals surface area contributed by atoms with Crippen molar-refractivity contribution in [2.75, 3.05) is 31.1 Å². The quantitative estimate of drug-likeness (QED) is 0.714. The maximum atomic E-state index is 13.9. The molecule has 3 aromatic rings. The Kier molecular flexibility index (Phi) is 4.15. The second-order valence-electron chi connectivity index (χ2n) is 5.96. The van der Waals surface area contributed by atoms with E-state index in [0.29, 0.717) is 17.1 Å². The molecule has 0 spiro atoms. The van der Waals surface area contributed by atoms with Gasteiger partial charge in [0, 0.05) is 43.3 Å². The van der Waals surface area contributed by atoms with Gasteiger partial charge in [-0.1, -0.05) is 29.0 Å². The standard InChI is InChI=1S/C16H17ClFN5S/c1-11-9-23-15(19-11)24-16(20-23)22-7-5-21(6-8-22)10-12-13(17)3-2-4-14(12)18/h2-4,9H,5-8,10H2,1H3. The summed E-state index contributed by atoms with van der Waals surface area (Å²) >= 11 is 7.73. The highest BCUT2D eigenvalue weighted by Crippen LogP contribution is 2.25. The second kappa shape index (κ2) is 6.31. The third-order valence-corrected chi connectivity index (χ3v) is 5.58. The second-order valence-corrected chi connectivity index (χ2v) is 7.30. The molecule has 5 nitrogen and oxygen atoms in total. The Bertz CT molecular complexity index is 817. The van der Waals surface area contributed by atoms with Crippen LogP contribution in [0.15, 0.2) is 24.4 Å². The molecule has 2 aromatic heterocycles. The van der Waals surface area contributed by atoms with Crippen molar-refractivity contribution in [1.82, 2.24) is 19.5 Å². The lowest BCUT2D eigenvalue weighted by Gasteiger charge is -2.34. The van der Waals surface area contributed by atoms with Crippen molar-refractivity contribution in [1.29, 1.82) is 0 Å². The molecule has 0 atom stereocenters. The molecule has 4 rings (SSSR count). The van der Waals surface area contributed by atoms with E-state index in [1.54, 1.807) is 23.5 Å². The number of aromatic nitrogens is 3. The summed E-state index contributed by atoms with van der Waals surface area (Å²) in [6.45, 7) is 5.94. The minimum absolute atomic E-state index is 0.235. The van der Waals surface area contributed by atoms with Gasteiger partial charge in [0.15, 0.2) is 0 Å². The SMILES string of the molecule is Cc1cn2nc(N3CCN(Cc4c(F)cccc4Cl)CC3)sc2n1. The zero-order valence-corrected chi connectivity index (χ0v) is 14.8. The van der Waals surface area contributed by atoms with Gasteiger partial charge < -0.3 is 4.90 Å². The molecule has 126 valence electrons. The predicted octanol–water partition coefficient (Wildman–Crippen LogP) is 3.21. The Labute approximate surface area is 148 Å². The number of benzene rings is 1. The molecule has 0 bridgehead atoms. The molecule has 8 heteroatoms. The van der Waals surface area contributed by atoms with E-state index in [1.165, 1.54) is 6.07 Å². The molecule has 1 aliphatic rings. The van der Waals surface area contributed by atoms with Crippen LogP contribution >= 0.6 is 22.9 Å². The van der Waals surface area contributed by atoms with Crippen LogP contribution < -0.4 is 4.90 Å². The fourth-order valence-electron chi connectivity index (χ4n) is 2.93. The number of halogens is 2. The van der Waals surface area contributed by atoms with Crippen LogP contribution in [0.1, 0.15) is 11.3 Å². The van der Waals surface area contributed by atoms with Crippen molar-refractivity contribution in [3.63, 3.8) is 0 Å². The van der Waals surface area contributed by atoms with Crippen LogP contribution in [0.3, 0.4) is 0 Å². The molecule has 0 unspecified atom stereocenters. The number of anilines is 1. The summed E-state index contributed by atoms with van der Waals surface area (Å²) < 4.78 is 15.8. The van der Waals surface area contributed by atoms with Crippen molar-refractivity contribution < 1.29 is 4.39 Å². The van der Waals surface area contributed by atoms with Crippen LogP contribution in [-0.4, -0.2) is 45.7 Å². The molecule has 0 amide bonds. The Balaban J connectivity index is 1.42. The van der Waals surface area contributed by atoms with E-state index >= 15 is 0 Å². The molecule has 1 aliphatic heterocycles. The van der Waals surface area contributed by atoms with Crippen LogP contribution in [0, 0.1) is 12.7 Å². The summed E-state index contributed by atoms with van der Waals surface area (Å²) in [5.41, 5.74) is 1.56. The fourth-order valence-corrected chi connectivity index (χ4v) is 4.13. The summed E-state index contributed by atoms with van der Waals surface area (Å²) in [5, 5.41) is 6.07. The van der Waals surface area contributed by atoms with Crippen molar-refractivity contribution in [2.45, 2.75) is 13.5 Å². The van der Waals surface area contributed by atoms with Crippen molar-refractivity contribution in [2.24, 2.45) is 0 Å². The van der Waals surface area contributed by atoms with Gasteiger partial charge in [-0.05, 0) is 19.1 Å². The van der Waals surface area contributed by atoms with Crippen LogP contribution in [0.2, 0.25) is 5.02 Å². The molecule has 0 saturated carbocycles. The van der Waals surface area contributed by atoms with E-state index in [-0.39, 0.29) is 5.82 Å². The molecular formula is C16H17ClFN5S. The van der Waals surface area contributed by atoms with Gasteiger partial charge in [0.05, 0.1) is 11.9 Å². The third-order valence-electron chi connectivity index (χ3n) is 4.24. The summed E-state index contributed by atoms with van der Waals surface area (Å²) in [5.74, 6) is -0.235. The maximum Gasteiger partial charge on any atom is 0.214 e. The highest BCUT2D eigenvalue weighted by Gasteiger charge is 2.22. The summed E-state index contributed by atoms with van der Waals surface area (Å²) in [6, 6.07) is 4.84. The number of hydrogen-bond acceptors (Lipinski definition) is 5. The van der Waals surface area contributed by atoms with Gasteiger partial charge in [-0.15, -0.1) is 5.10 Å². The first kappa shape index (κ1) is 15.8. The van der Waals surface area contributed by atoms with Crippen LogP contribution in [0.25, 0.3) is 4.96 Å². The normalized spacial score (nSPS) is 16.2. The van der Waals surface area contributed by atoms with Crippen molar-refractivity contribution in [3.8, 4) is 0 Å². The number of aryl methyl sites for hydroxylation is 1. The molecule has 1 saturated heterocycles. The Morgan fingerprint density at radius 3 is 2.75 bits per heavy atom. The van der Waals surface area contributed by atoms with Gasteiger partial charge in [-0.25, -0.2) is 13.9 Å². The number of piperazine rings is 1. The maximum absolute atomic E-state index is 13.9. The largest absolute Gasteiger partial charge is 0.344 e. The summed E-state index contributed by atoms with van der Waals surface area (Å²) in [4.78, 5) is 9.85. The molecule has 0 aliphatic carbocycles. The molecule has 0 N–H and O–H groups in total. The molecule has 3 heterocycles. The lowest BCUT2D eigenvalue weighted by atomic mass is 10.2. The molecule has 1 aromatic carbocycles. The monoisotopic (exact) mass is 365 g/mol. The van der Waals surface area contributed by atoms with Gasteiger partial charge in [-0.2, -0.15) is 0 Å². The van der Waals surface area contributed by atoms with Gasteiger partial charge in [0.25, 0.3) is 0 Å². The predicted molar refractivity (Wildman–Crippen MR) is 94.5 cm³/mol. The first-order valence-corrected chi connectivity index (χ1v) is 9.02. The highest BCUT2D eigenvalue weighted by atomic mass is 35.5. The smallest absolute Gasteiger partial charge is 0.214 e. The van der Waals surface area contributed by atoms with Gasteiger partial charge in [-0.3, -0.25) is 4.90 Å². The molecular weight excluding hydrogens is 349 g/mol. The fraction of sp³-hybridized carbons (Fsp3) is 0.375. The van der Waals surface area contributed by atoms with Gasteiger partial charge in [0.1, 0.15) is 5.82 Å². The Morgan fingerprint density at radius 1 is 1.25 bits per heavy atom.